The normalized spacial score (nSPS) is 7.36. The van der Waals surface area contributed by atoms with Crippen molar-refractivity contribution in [2.24, 2.45) is 5.73 Å². The van der Waals surface area contributed by atoms with Crippen molar-refractivity contribution < 1.29 is 19.4 Å². The SMILES string of the molecule is CCOC(N)=O.OCCOC#CCI. The molecule has 0 fully saturated rings. The third-order valence-electron chi connectivity index (χ3n) is 0.691. The van der Waals surface area contributed by atoms with Gasteiger partial charge in [-0.2, -0.15) is 0 Å². The van der Waals surface area contributed by atoms with Crippen molar-refractivity contribution in [2.75, 3.05) is 24.2 Å². The highest BCUT2D eigenvalue weighted by Gasteiger charge is 1.82. The van der Waals surface area contributed by atoms with Crippen LogP contribution >= 0.6 is 22.6 Å². The van der Waals surface area contributed by atoms with E-state index in [9.17, 15) is 4.79 Å². The Bertz CT molecular complexity index is 188. The molecule has 0 saturated carbocycles. The highest BCUT2D eigenvalue weighted by Crippen LogP contribution is 1.74. The first-order valence-electron chi connectivity index (χ1n) is 3.87. The lowest BCUT2D eigenvalue weighted by Crippen LogP contribution is -2.11. The minimum Gasteiger partial charge on any atom is -0.450 e. The number of hydrogen-bond donors (Lipinski definition) is 2. The fourth-order valence-electron chi connectivity index (χ4n) is 0.317. The molecule has 3 N–H and O–H groups in total. The third kappa shape index (κ3) is 22.5. The van der Waals surface area contributed by atoms with E-state index in [-0.39, 0.29) is 6.61 Å². The number of primary amides is 1. The number of carbonyl (C=O) groups excluding carboxylic acids is 1. The van der Waals surface area contributed by atoms with Crippen LogP contribution in [0.15, 0.2) is 0 Å². The quantitative estimate of drug-likeness (QED) is 0.344. The van der Waals surface area contributed by atoms with E-state index in [1.807, 2.05) is 0 Å². The highest BCUT2D eigenvalue weighted by molar-refractivity contribution is 14.1. The Kier molecular flexibility index (Phi) is 16.7. The molecular formula is C8H14INO4. The van der Waals surface area contributed by atoms with E-state index < -0.39 is 6.09 Å². The standard InChI is InChI=1S/C5H7IO2.C3H7NO2/c6-2-1-4-8-5-3-7;1-2-6-3(4)5/h7H,2-3,5H2;2H2,1H3,(H2,4,5). The van der Waals surface area contributed by atoms with Crippen LogP contribution in [-0.2, 0) is 9.47 Å². The fourth-order valence-corrected chi connectivity index (χ4v) is 0.473. The Hall–Kier alpha value is -0.680. The second-order valence-electron chi connectivity index (χ2n) is 1.74. The lowest BCUT2D eigenvalue weighted by molar-refractivity contribution is 0.163. The van der Waals surface area contributed by atoms with E-state index in [1.165, 1.54) is 0 Å². The van der Waals surface area contributed by atoms with Crippen LogP contribution in [0, 0.1) is 12.0 Å². The zero-order valence-electron chi connectivity index (χ0n) is 7.96. The summed E-state index contributed by atoms with van der Waals surface area (Å²) in [5, 5.41) is 8.17. The molecule has 0 radical (unpaired) electrons. The molecule has 0 aromatic heterocycles. The van der Waals surface area contributed by atoms with Gasteiger partial charge in [0.2, 0.25) is 0 Å². The van der Waals surface area contributed by atoms with Gasteiger partial charge in [-0.1, -0.05) is 22.6 Å². The van der Waals surface area contributed by atoms with Gasteiger partial charge in [-0.05, 0) is 12.8 Å². The van der Waals surface area contributed by atoms with E-state index in [0.29, 0.717) is 13.2 Å². The van der Waals surface area contributed by atoms with Gasteiger partial charge in [-0.25, -0.2) is 4.79 Å². The molecule has 5 nitrogen and oxygen atoms in total. The molecule has 0 aromatic rings. The average Bonchev–Trinajstić information content (AvgIpc) is 2.13. The van der Waals surface area contributed by atoms with Gasteiger partial charge in [0.25, 0.3) is 0 Å². The Labute approximate surface area is 97.1 Å². The maximum atomic E-state index is 9.60. The summed E-state index contributed by atoms with van der Waals surface area (Å²) in [6.45, 7) is 2.40. The first-order valence-corrected chi connectivity index (χ1v) is 5.40. The van der Waals surface area contributed by atoms with Crippen LogP contribution < -0.4 is 5.73 Å². The number of ether oxygens (including phenoxy) is 2. The van der Waals surface area contributed by atoms with E-state index in [0.717, 1.165) is 4.43 Å². The van der Waals surface area contributed by atoms with Crippen molar-refractivity contribution in [1.29, 1.82) is 0 Å². The van der Waals surface area contributed by atoms with Crippen LogP contribution in [0.3, 0.4) is 0 Å². The first kappa shape index (κ1) is 15.8. The molecule has 0 unspecified atom stereocenters. The van der Waals surface area contributed by atoms with Crippen molar-refractivity contribution in [1.82, 2.24) is 0 Å². The molecule has 0 rings (SSSR count). The topological polar surface area (TPSA) is 81.8 Å². The van der Waals surface area contributed by atoms with Gasteiger partial charge >= 0.3 is 6.09 Å². The average molecular weight is 315 g/mol. The summed E-state index contributed by atoms with van der Waals surface area (Å²) in [5.74, 6) is 2.69. The molecule has 0 atom stereocenters. The van der Waals surface area contributed by atoms with Crippen LogP contribution in [-0.4, -0.2) is 35.4 Å². The maximum absolute atomic E-state index is 9.60. The Morgan fingerprint density at radius 3 is 2.57 bits per heavy atom. The molecule has 6 heteroatoms. The molecule has 1 amide bonds. The Balaban J connectivity index is 0. The van der Waals surface area contributed by atoms with Crippen molar-refractivity contribution in [3.63, 3.8) is 0 Å². The number of aliphatic hydroxyl groups excluding tert-OH is 1. The molecule has 0 aromatic carbocycles. The number of nitrogens with two attached hydrogens (primary N) is 1. The summed E-state index contributed by atoms with van der Waals surface area (Å²) in [6, 6.07) is 0. The van der Waals surface area contributed by atoms with Crippen LogP contribution in [0.2, 0.25) is 0 Å². The van der Waals surface area contributed by atoms with E-state index >= 15 is 0 Å². The number of alkyl halides is 1. The maximum Gasteiger partial charge on any atom is 0.404 e. The lowest BCUT2D eigenvalue weighted by Gasteiger charge is -1.89. The van der Waals surface area contributed by atoms with Crippen molar-refractivity contribution in [3.05, 3.63) is 0 Å². The van der Waals surface area contributed by atoms with Crippen molar-refractivity contribution in [3.8, 4) is 12.0 Å². The second-order valence-corrected chi connectivity index (χ2v) is 2.50. The number of amides is 1. The Morgan fingerprint density at radius 2 is 2.29 bits per heavy atom. The lowest BCUT2D eigenvalue weighted by atomic mass is 10.8. The minimum absolute atomic E-state index is 0.0376. The van der Waals surface area contributed by atoms with Crippen LogP contribution in [0.1, 0.15) is 6.92 Å². The third-order valence-corrected chi connectivity index (χ3v) is 1.07. The van der Waals surface area contributed by atoms with Crippen LogP contribution in [0.25, 0.3) is 0 Å². The summed E-state index contributed by atoms with van der Waals surface area (Å²) >= 11 is 2.12. The fraction of sp³-hybridized carbons (Fsp3) is 0.625. The van der Waals surface area contributed by atoms with Gasteiger partial charge in [0.15, 0.2) is 0 Å². The second kappa shape index (κ2) is 14.8. The molecule has 0 aliphatic rings. The number of halogens is 1. The van der Waals surface area contributed by atoms with Gasteiger partial charge in [0.05, 0.1) is 17.6 Å². The molecule has 0 aliphatic heterocycles. The zero-order valence-corrected chi connectivity index (χ0v) is 10.1. The predicted molar refractivity (Wildman–Crippen MR) is 60.9 cm³/mol. The minimum atomic E-state index is -0.711. The van der Waals surface area contributed by atoms with E-state index in [1.54, 1.807) is 6.92 Å². The molecule has 0 spiro atoms. The largest absolute Gasteiger partial charge is 0.450 e. The summed E-state index contributed by atoms with van der Waals surface area (Å²) in [7, 11) is 0. The molecule has 0 heterocycles. The molecule has 14 heavy (non-hydrogen) atoms. The molecule has 0 saturated heterocycles. The zero-order chi connectivity index (χ0) is 11.2. The smallest absolute Gasteiger partial charge is 0.404 e. The van der Waals surface area contributed by atoms with E-state index in [2.05, 4.69) is 49.8 Å². The number of hydrogen-bond acceptors (Lipinski definition) is 4. The van der Waals surface area contributed by atoms with Gasteiger partial charge in [-0.3, -0.25) is 0 Å². The van der Waals surface area contributed by atoms with Gasteiger partial charge < -0.3 is 20.3 Å². The van der Waals surface area contributed by atoms with Gasteiger partial charge in [-0.15, -0.1) is 0 Å². The molecule has 82 valence electrons. The van der Waals surface area contributed by atoms with Crippen LogP contribution in [0.4, 0.5) is 4.79 Å². The number of carbonyl (C=O) groups is 1. The van der Waals surface area contributed by atoms with Crippen molar-refractivity contribution in [2.45, 2.75) is 6.92 Å². The van der Waals surface area contributed by atoms with Crippen molar-refractivity contribution >= 4 is 28.7 Å². The summed E-state index contributed by atoms with van der Waals surface area (Å²) in [5.41, 5.74) is 4.54. The molecular weight excluding hydrogens is 301 g/mol. The first-order chi connectivity index (χ1) is 6.68. The summed E-state index contributed by atoms with van der Waals surface area (Å²) < 4.78 is 9.55. The molecule has 0 bridgehead atoms. The van der Waals surface area contributed by atoms with Crippen LogP contribution in [0.5, 0.6) is 0 Å². The van der Waals surface area contributed by atoms with Gasteiger partial charge in [0, 0.05) is 0 Å². The monoisotopic (exact) mass is 315 g/mol. The Morgan fingerprint density at radius 1 is 1.64 bits per heavy atom. The highest BCUT2D eigenvalue weighted by atomic mass is 127. The number of rotatable bonds is 3. The predicted octanol–water partition coefficient (Wildman–Crippen LogP) is 0.493. The summed E-state index contributed by atoms with van der Waals surface area (Å²) in [4.78, 5) is 9.60. The van der Waals surface area contributed by atoms with Gasteiger partial charge in [0.1, 0.15) is 12.7 Å². The number of aliphatic hydroxyl groups is 1. The molecule has 0 aliphatic carbocycles. The van der Waals surface area contributed by atoms with E-state index in [4.69, 9.17) is 5.11 Å². The summed E-state index contributed by atoms with van der Waals surface area (Å²) in [6.07, 6.45) is 1.71.